The SMILES string of the molecule is Cc1n[c]sc1S(N)(=O)=O. The molecule has 10 heavy (non-hydrogen) atoms. The number of sulfonamides is 1. The Kier molecular flexibility index (Phi) is 1.76. The molecule has 0 bridgehead atoms. The number of hydrogen-bond acceptors (Lipinski definition) is 4. The largest absolute Gasteiger partial charge is 0.249 e. The van der Waals surface area contributed by atoms with Gasteiger partial charge in [0.25, 0.3) is 0 Å². The fraction of sp³-hybridized carbons (Fsp3) is 0.250. The zero-order valence-corrected chi connectivity index (χ0v) is 6.79. The highest BCUT2D eigenvalue weighted by Gasteiger charge is 2.13. The fourth-order valence-corrected chi connectivity index (χ4v) is 2.01. The van der Waals surface area contributed by atoms with E-state index in [4.69, 9.17) is 5.14 Å². The summed E-state index contributed by atoms with van der Waals surface area (Å²) in [6, 6.07) is 0. The van der Waals surface area contributed by atoms with Gasteiger partial charge in [0.2, 0.25) is 10.0 Å². The maximum Gasteiger partial charge on any atom is 0.249 e. The van der Waals surface area contributed by atoms with E-state index in [0.717, 1.165) is 11.3 Å². The van der Waals surface area contributed by atoms with Gasteiger partial charge in [-0.1, -0.05) is 11.3 Å². The minimum atomic E-state index is -3.57. The first-order chi connectivity index (χ1) is 4.52. The van der Waals surface area contributed by atoms with Crippen LogP contribution in [0.1, 0.15) is 5.69 Å². The van der Waals surface area contributed by atoms with Crippen molar-refractivity contribution in [1.29, 1.82) is 0 Å². The van der Waals surface area contributed by atoms with E-state index in [1.807, 2.05) is 0 Å². The standard InChI is InChI=1S/C4H5N2O2S2/c1-3-4(9-2-6-3)10(5,7)8/h1H3,(H2,5,7,8). The van der Waals surface area contributed by atoms with Gasteiger partial charge in [0.15, 0.2) is 9.72 Å². The zero-order valence-electron chi connectivity index (χ0n) is 5.16. The quantitative estimate of drug-likeness (QED) is 0.651. The monoisotopic (exact) mass is 177 g/mol. The van der Waals surface area contributed by atoms with Crippen molar-refractivity contribution >= 4 is 21.4 Å². The fourth-order valence-electron chi connectivity index (χ4n) is 0.516. The molecule has 55 valence electrons. The Morgan fingerprint density at radius 3 is 2.50 bits per heavy atom. The topological polar surface area (TPSA) is 73.0 Å². The van der Waals surface area contributed by atoms with Crippen LogP contribution in [0.2, 0.25) is 0 Å². The lowest BCUT2D eigenvalue weighted by atomic mass is 10.6. The predicted molar refractivity (Wildman–Crippen MR) is 37.1 cm³/mol. The number of hydrogen-bond donors (Lipinski definition) is 1. The van der Waals surface area contributed by atoms with Gasteiger partial charge < -0.3 is 0 Å². The van der Waals surface area contributed by atoms with Crippen molar-refractivity contribution in [3.05, 3.63) is 11.2 Å². The minimum absolute atomic E-state index is 0.0903. The van der Waals surface area contributed by atoms with Crippen molar-refractivity contribution in [3.8, 4) is 0 Å². The summed E-state index contributed by atoms with van der Waals surface area (Å²) in [5.74, 6) is 0. The molecule has 0 amide bonds. The minimum Gasteiger partial charge on any atom is -0.237 e. The van der Waals surface area contributed by atoms with Crippen LogP contribution < -0.4 is 5.14 Å². The molecule has 1 heterocycles. The molecule has 0 aliphatic heterocycles. The number of aromatic nitrogens is 1. The lowest BCUT2D eigenvalue weighted by Gasteiger charge is -1.90. The third-order valence-corrected chi connectivity index (χ3v) is 3.33. The van der Waals surface area contributed by atoms with Gasteiger partial charge in [0.1, 0.15) is 0 Å². The molecule has 1 rings (SSSR count). The molecule has 1 aromatic heterocycles. The first-order valence-electron chi connectivity index (χ1n) is 2.38. The zero-order chi connectivity index (χ0) is 7.78. The van der Waals surface area contributed by atoms with Crippen molar-refractivity contribution < 1.29 is 8.42 Å². The summed E-state index contributed by atoms with van der Waals surface area (Å²) in [7, 11) is -3.57. The number of nitrogens with zero attached hydrogens (tertiary/aromatic N) is 1. The molecule has 1 aromatic rings. The second kappa shape index (κ2) is 2.30. The summed E-state index contributed by atoms with van der Waals surface area (Å²) in [4.78, 5) is 3.62. The van der Waals surface area contributed by atoms with E-state index in [2.05, 4.69) is 10.5 Å². The molecule has 0 atom stereocenters. The molecule has 0 spiro atoms. The lowest BCUT2D eigenvalue weighted by molar-refractivity contribution is 0.599. The molecular weight excluding hydrogens is 172 g/mol. The van der Waals surface area contributed by atoms with Crippen molar-refractivity contribution in [3.63, 3.8) is 0 Å². The second-order valence-electron chi connectivity index (χ2n) is 1.72. The molecule has 0 aliphatic carbocycles. The van der Waals surface area contributed by atoms with Gasteiger partial charge in [-0.15, -0.1) is 0 Å². The maximum absolute atomic E-state index is 10.6. The number of aryl methyl sites for hydroxylation is 1. The lowest BCUT2D eigenvalue weighted by Crippen LogP contribution is -2.11. The van der Waals surface area contributed by atoms with Crippen LogP contribution in [0.5, 0.6) is 0 Å². The molecule has 0 saturated carbocycles. The average Bonchev–Trinajstić information content (AvgIpc) is 2.11. The predicted octanol–water partition coefficient (Wildman–Crippen LogP) is -0.101. The Morgan fingerprint density at radius 1 is 1.70 bits per heavy atom. The van der Waals surface area contributed by atoms with E-state index in [0.29, 0.717) is 5.69 Å². The smallest absolute Gasteiger partial charge is 0.237 e. The molecule has 0 fully saturated rings. The van der Waals surface area contributed by atoms with E-state index in [9.17, 15) is 8.42 Å². The number of primary sulfonamides is 1. The Balaban J connectivity index is 3.32. The first-order valence-corrected chi connectivity index (χ1v) is 4.74. The van der Waals surface area contributed by atoms with Gasteiger partial charge in [0, 0.05) is 0 Å². The Bertz CT molecular complexity index is 327. The van der Waals surface area contributed by atoms with Crippen molar-refractivity contribution in [2.45, 2.75) is 11.1 Å². The summed E-state index contributed by atoms with van der Waals surface area (Å²) >= 11 is 0.907. The molecule has 0 aliphatic rings. The van der Waals surface area contributed by atoms with E-state index < -0.39 is 10.0 Å². The molecule has 2 N–H and O–H groups in total. The Labute approximate surface area is 62.8 Å². The van der Waals surface area contributed by atoms with Crippen LogP contribution in [0.25, 0.3) is 0 Å². The van der Waals surface area contributed by atoms with Gasteiger partial charge in [-0.25, -0.2) is 18.5 Å². The normalized spacial score (nSPS) is 11.8. The third kappa shape index (κ3) is 1.34. The molecule has 0 saturated heterocycles. The summed E-state index contributed by atoms with van der Waals surface area (Å²) in [5.41, 5.74) is 2.85. The summed E-state index contributed by atoms with van der Waals surface area (Å²) in [5, 5.41) is 4.82. The van der Waals surface area contributed by atoms with Crippen molar-refractivity contribution in [2.75, 3.05) is 0 Å². The van der Waals surface area contributed by atoms with E-state index in [-0.39, 0.29) is 4.21 Å². The van der Waals surface area contributed by atoms with Gasteiger partial charge in [-0.3, -0.25) is 0 Å². The van der Waals surface area contributed by atoms with Gasteiger partial charge in [0.05, 0.1) is 5.69 Å². The van der Waals surface area contributed by atoms with Crippen molar-refractivity contribution in [1.82, 2.24) is 4.98 Å². The van der Waals surface area contributed by atoms with Crippen molar-refractivity contribution in [2.24, 2.45) is 5.14 Å². The summed E-state index contributed by atoms with van der Waals surface area (Å²) in [6.07, 6.45) is 0. The third-order valence-electron chi connectivity index (χ3n) is 0.906. The van der Waals surface area contributed by atoms with E-state index >= 15 is 0 Å². The van der Waals surface area contributed by atoms with Crippen LogP contribution in [-0.2, 0) is 10.0 Å². The average molecular weight is 177 g/mol. The van der Waals surface area contributed by atoms with Crippen LogP contribution >= 0.6 is 11.3 Å². The molecule has 1 radical (unpaired) electrons. The first kappa shape index (κ1) is 7.64. The number of thiazole rings is 1. The van der Waals surface area contributed by atoms with Crippen LogP contribution in [-0.4, -0.2) is 13.4 Å². The second-order valence-corrected chi connectivity index (χ2v) is 4.27. The molecule has 0 aromatic carbocycles. The highest BCUT2D eigenvalue weighted by molar-refractivity contribution is 7.91. The van der Waals surface area contributed by atoms with Gasteiger partial charge >= 0.3 is 0 Å². The molecule has 4 nitrogen and oxygen atoms in total. The van der Waals surface area contributed by atoms with Gasteiger partial charge in [-0.2, -0.15) is 0 Å². The van der Waals surface area contributed by atoms with Crippen LogP contribution in [0.15, 0.2) is 4.21 Å². The Morgan fingerprint density at radius 2 is 2.30 bits per heavy atom. The summed E-state index contributed by atoms with van der Waals surface area (Å²) in [6.45, 7) is 1.58. The molecule has 0 unspecified atom stereocenters. The van der Waals surface area contributed by atoms with Crippen LogP contribution in [0.3, 0.4) is 0 Å². The van der Waals surface area contributed by atoms with Gasteiger partial charge in [-0.05, 0) is 6.92 Å². The van der Waals surface area contributed by atoms with E-state index in [1.54, 1.807) is 6.92 Å². The highest BCUT2D eigenvalue weighted by atomic mass is 32.2. The molecular formula is C4H5N2O2S2. The Hall–Kier alpha value is -0.460. The summed E-state index contributed by atoms with van der Waals surface area (Å²) < 4.78 is 21.4. The van der Waals surface area contributed by atoms with Crippen LogP contribution in [0, 0.1) is 12.4 Å². The van der Waals surface area contributed by atoms with Crippen LogP contribution in [0.4, 0.5) is 0 Å². The number of rotatable bonds is 1. The molecule has 6 heteroatoms. The highest BCUT2D eigenvalue weighted by Crippen LogP contribution is 2.15. The number of nitrogens with two attached hydrogens (primary N) is 1. The van der Waals surface area contributed by atoms with E-state index in [1.165, 1.54) is 0 Å². The maximum atomic E-state index is 10.6.